The first-order valence-electron chi connectivity index (χ1n) is 6.88. The van der Waals surface area contributed by atoms with Crippen LogP contribution >= 0.6 is 0 Å². The van der Waals surface area contributed by atoms with Crippen molar-refractivity contribution in [1.29, 1.82) is 0 Å². The number of hydrogen-bond acceptors (Lipinski definition) is 3. The number of rotatable bonds is 4. The molecule has 1 saturated heterocycles. The summed E-state index contributed by atoms with van der Waals surface area (Å²) in [5.41, 5.74) is 1.55. The minimum atomic E-state index is -0.792. The zero-order valence-corrected chi connectivity index (χ0v) is 12.0. The van der Waals surface area contributed by atoms with E-state index in [1.807, 2.05) is 30.0 Å². The number of carboxylic acid groups (broad SMARTS) is 1. The molecule has 4 nitrogen and oxygen atoms in total. The van der Waals surface area contributed by atoms with Crippen molar-refractivity contribution in [2.75, 3.05) is 32.1 Å². The van der Waals surface area contributed by atoms with Gasteiger partial charge in [0.25, 0.3) is 0 Å². The molecule has 0 saturated carbocycles. The zero-order valence-electron chi connectivity index (χ0n) is 12.0. The molecule has 2 rings (SSSR count). The molecule has 1 aromatic carbocycles. The van der Waals surface area contributed by atoms with Gasteiger partial charge in [0.05, 0.1) is 11.6 Å². The summed E-state index contributed by atoms with van der Waals surface area (Å²) < 4.78 is 14.0. The van der Waals surface area contributed by atoms with Gasteiger partial charge in [-0.05, 0) is 44.6 Å². The number of halogens is 1. The Morgan fingerprint density at radius 3 is 2.90 bits per heavy atom. The van der Waals surface area contributed by atoms with Crippen LogP contribution in [-0.4, -0.2) is 43.2 Å². The fourth-order valence-electron chi connectivity index (χ4n) is 2.66. The first kappa shape index (κ1) is 14.8. The Balaban J connectivity index is 2.20. The molecule has 0 spiro atoms. The summed E-state index contributed by atoms with van der Waals surface area (Å²) in [5.74, 6) is -1.47. The summed E-state index contributed by atoms with van der Waals surface area (Å²) in [4.78, 5) is 15.0. The lowest BCUT2D eigenvalue weighted by Gasteiger charge is -2.33. The van der Waals surface area contributed by atoms with Crippen molar-refractivity contribution in [3.8, 4) is 0 Å². The number of carbonyl (C=O) groups is 1. The van der Waals surface area contributed by atoms with Gasteiger partial charge < -0.3 is 14.9 Å². The molecule has 1 aliphatic rings. The highest BCUT2D eigenvalue weighted by Gasteiger charge is 2.26. The van der Waals surface area contributed by atoms with Gasteiger partial charge in [-0.1, -0.05) is 6.07 Å². The Morgan fingerprint density at radius 2 is 2.25 bits per heavy atom. The van der Waals surface area contributed by atoms with E-state index >= 15 is 0 Å². The minimum Gasteiger partial charge on any atom is -0.481 e. The Kier molecular flexibility index (Phi) is 4.60. The number of aliphatic carboxylic acids is 1. The largest absolute Gasteiger partial charge is 0.481 e. The SMILES string of the molecule is CN(C)Cc1ccc(F)c(N2CCCC(C(=O)O)C2)c1. The van der Waals surface area contributed by atoms with E-state index in [1.165, 1.54) is 6.07 Å². The second kappa shape index (κ2) is 6.22. The maximum Gasteiger partial charge on any atom is 0.308 e. The first-order chi connectivity index (χ1) is 9.47. The molecule has 5 heteroatoms. The van der Waals surface area contributed by atoms with E-state index < -0.39 is 11.9 Å². The monoisotopic (exact) mass is 280 g/mol. The molecule has 0 aromatic heterocycles. The van der Waals surface area contributed by atoms with E-state index in [2.05, 4.69) is 0 Å². The van der Waals surface area contributed by atoms with Crippen LogP contribution in [0.15, 0.2) is 18.2 Å². The average Bonchev–Trinajstić information content (AvgIpc) is 2.40. The van der Waals surface area contributed by atoms with Crippen LogP contribution in [0.2, 0.25) is 0 Å². The number of benzene rings is 1. The highest BCUT2D eigenvalue weighted by Crippen LogP contribution is 2.27. The fraction of sp³-hybridized carbons (Fsp3) is 0.533. The summed E-state index contributed by atoms with van der Waals surface area (Å²) in [6.07, 6.45) is 1.46. The van der Waals surface area contributed by atoms with Crippen molar-refractivity contribution in [1.82, 2.24) is 4.90 Å². The lowest BCUT2D eigenvalue weighted by Crippen LogP contribution is -2.39. The molecule has 0 amide bonds. The summed E-state index contributed by atoms with van der Waals surface area (Å²) >= 11 is 0. The van der Waals surface area contributed by atoms with Gasteiger partial charge in [-0.25, -0.2) is 4.39 Å². The van der Waals surface area contributed by atoms with E-state index in [9.17, 15) is 9.18 Å². The molecule has 1 aromatic rings. The number of nitrogens with zero attached hydrogens (tertiary/aromatic N) is 2. The zero-order chi connectivity index (χ0) is 14.7. The van der Waals surface area contributed by atoms with Gasteiger partial charge in [-0.15, -0.1) is 0 Å². The average molecular weight is 280 g/mol. The second-order valence-corrected chi connectivity index (χ2v) is 5.65. The van der Waals surface area contributed by atoms with Crippen LogP contribution in [0.5, 0.6) is 0 Å². The number of carboxylic acids is 1. The van der Waals surface area contributed by atoms with Crippen LogP contribution in [0.25, 0.3) is 0 Å². The second-order valence-electron chi connectivity index (χ2n) is 5.65. The number of anilines is 1. The van der Waals surface area contributed by atoms with Crippen LogP contribution < -0.4 is 4.90 Å². The van der Waals surface area contributed by atoms with Crippen molar-refractivity contribution < 1.29 is 14.3 Å². The van der Waals surface area contributed by atoms with Crippen LogP contribution in [0.4, 0.5) is 10.1 Å². The predicted octanol–water partition coefficient (Wildman–Crippen LogP) is 2.19. The van der Waals surface area contributed by atoms with Crippen LogP contribution in [0.1, 0.15) is 18.4 Å². The van der Waals surface area contributed by atoms with Crippen molar-refractivity contribution >= 4 is 11.7 Å². The third-order valence-corrected chi connectivity index (χ3v) is 3.62. The van der Waals surface area contributed by atoms with Gasteiger partial charge >= 0.3 is 5.97 Å². The predicted molar refractivity (Wildman–Crippen MR) is 76.4 cm³/mol. The van der Waals surface area contributed by atoms with Gasteiger partial charge in [0.15, 0.2) is 0 Å². The van der Waals surface area contributed by atoms with Gasteiger partial charge in [0.1, 0.15) is 5.82 Å². The molecule has 0 radical (unpaired) electrons. The lowest BCUT2D eigenvalue weighted by molar-refractivity contribution is -0.141. The maximum atomic E-state index is 14.0. The molecule has 1 unspecified atom stereocenters. The van der Waals surface area contributed by atoms with E-state index in [0.717, 1.165) is 18.5 Å². The smallest absolute Gasteiger partial charge is 0.308 e. The first-order valence-corrected chi connectivity index (χ1v) is 6.88. The van der Waals surface area contributed by atoms with Gasteiger partial charge in [-0.3, -0.25) is 4.79 Å². The third kappa shape index (κ3) is 3.48. The molecule has 20 heavy (non-hydrogen) atoms. The molecule has 0 aliphatic carbocycles. The Hall–Kier alpha value is -1.62. The van der Waals surface area contributed by atoms with E-state index in [0.29, 0.717) is 25.2 Å². The van der Waals surface area contributed by atoms with E-state index in [4.69, 9.17) is 5.11 Å². The van der Waals surface area contributed by atoms with Gasteiger partial charge in [0, 0.05) is 19.6 Å². The van der Waals surface area contributed by atoms with Gasteiger partial charge in [-0.2, -0.15) is 0 Å². The van der Waals surface area contributed by atoms with E-state index in [-0.39, 0.29) is 5.82 Å². The third-order valence-electron chi connectivity index (χ3n) is 3.62. The summed E-state index contributed by atoms with van der Waals surface area (Å²) in [7, 11) is 3.93. The molecule has 1 atom stereocenters. The molecule has 1 aliphatic heterocycles. The topological polar surface area (TPSA) is 43.8 Å². The molecule has 1 N–H and O–H groups in total. The highest BCUT2D eigenvalue weighted by atomic mass is 19.1. The summed E-state index contributed by atoms with van der Waals surface area (Å²) in [5, 5.41) is 9.12. The van der Waals surface area contributed by atoms with E-state index in [1.54, 1.807) is 6.07 Å². The van der Waals surface area contributed by atoms with Crippen molar-refractivity contribution in [2.45, 2.75) is 19.4 Å². The summed E-state index contributed by atoms with van der Waals surface area (Å²) in [6, 6.07) is 5.08. The maximum absolute atomic E-state index is 14.0. The molecule has 0 bridgehead atoms. The normalized spacial score (nSPS) is 19.4. The fourth-order valence-corrected chi connectivity index (χ4v) is 2.66. The molecule has 1 heterocycles. The number of hydrogen-bond donors (Lipinski definition) is 1. The standard InChI is InChI=1S/C15H21FN2O2/c1-17(2)9-11-5-6-13(16)14(8-11)18-7-3-4-12(10-18)15(19)20/h5-6,8,12H,3-4,7,9-10H2,1-2H3,(H,19,20). The van der Waals surface area contributed by atoms with Crippen LogP contribution in [0.3, 0.4) is 0 Å². The van der Waals surface area contributed by atoms with Crippen molar-refractivity contribution in [2.24, 2.45) is 5.92 Å². The number of piperidine rings is 1. The Labute approximate surface area is 118 Å². The van der Waals surface area contributed by atoms with Crippen LogP contribution in [-0.2, 0) is 11.3 Å². The van der Waals surface area contributed by atoms with Gasteiger partial charge in [0.2, 0.25) is 0 Å². The summed E-state index contributed by atoms with van der Waals surface area (Å²) in [6.45, 7) is 1.84. The lowest BCUT2D eigenvalue weighted by atomic mass is 9.97. The van der Waals surface area contributed by atoms with Crippen molar-refractivity contribution in [3.05, 3.63) is 29.6 Å². The molecular formula is C15H21FN2O2. The van der Waals surface area contributed by atoms with Crippen molar-refractivity contribution in [3.63, 3.8) is 0 Å². The minimum absolute atomic E-state index is 0.279. The Bertz CT molecular complexity index is 491. The quantitative estimate of drug-likeness (QED) is 0.918. The molecule has 1 fully saturated rings. The Morgan fingerprint density at radius 1 is 1.50 bits per heavy atom. The highest BCUT2D eigenvalue weighted by molar-refractivity contribution is 5.71. The molecule has 110 valence electrons. The van der Waals surface area contributed by atoms with Crippen LogP contribution in [0, 0.1) is 11.7 Å². The molecular weight excluding hydrogens is 259 g/mol.